The van der Waals surface area contributed by atoms with Crippen LogP contribution in [0.2, 0.25) is 0 Å². The fourth-order valence-electron chi connectivity index (χ4n) is 1.68. The molecular weight excluding hydrogens is 298 g/mol. The Morgan fingerprint density at radius 1 is 1.23 bits per heavy atom. The molecule has 0 aromatic heterocycles. The fourth-order valence-corrected chi connectivity index (χ4v) is 1.68. The predicted molar refractivity (Wildman–Crippen MR) is 74.8 cm³/mol. The molecule has 1 aromatic carbocycles. The van der Waals surface area contributed by atoms with Gasteiger partial charge in [-0.05, 0) is 11.6 Å². The van der Waals surface area contributed by atoms with E-state index in [-0.39, 0.29) is 11.3 Å². The number of benzene rings is 1. The van der Waals surface area contributed by atoms with Crippen molar-refractivity contribution in [3.63, 3.8) is 0 Å². The van der Waals surface area contributed by atoms with Gasteiger partial charge in [0.05, 0.1) is 11.5 Å². The maximum Gasteiger partial charge on any atom is 0.270 e. The summed E-state index contributed by atoms with van der Waals surface area (Å²) in [6.45, 7) is -0.847. The lowest BCUT2D eigenvalue weighted by Crippen LogP contribution is -2.46. The van der Waals surface area contributed by atoms with Gasteiger partial charge in [0.25, 0.3) is 5.69 Å². The smallest absolute Gasteiger partial charge is 0.270 e. The average Bonchev–Trinajstić information content (AvgIpc) is 2.51. The van der Waals surface area contributed by atoms with E-state index in [4.69, 9.17) is 10.2 Å². The number of hydrogen-bond acceptors (Lipinski definition) is 8. The van der Waals surface area contributed by atoms with E-state index >= 15 is 0 Å². The largest absolute Gasteiger partial charge is 0.509 e. The molecule has 22 heavy (non-hydrogen) atoms. The molecule has 0 aliphatic rings. The lowest BCUT2D eigenvalue weighted by molar-refractivity contribution is -0.384. The summed E-state index contributed by atoms with van der Waals surface area (Å²) in [6, 6.07) is 5.15. The SMILES string of the molecule is O=[N+]([O-])c1cccc(/C=C(\O)[C@H](O)[C@H](O)[C@H](O)[C@@H](O)CO)c1. The summed E-state index contributed by atoms with van der Waals surface area (Å²) in [5.41, 5.74) is -0.0394. The minimum absolute atomic E-state index is 0.190. The summed E-state index contributed by atoms with van der Waals surface area (Å²) in [5.74, 6) is -0.766. The van der Waals surface area contributed by atoms with Crippen LogP contribution in [0.5, 0.6) is 0 Å². The van der Waals surface area contributed by atoms with Crippen LogP contribution in [0.15, 0.2) is 30.0 Å². The van der Waals surface area contributed by atoms with Crippen LogP contribution in [-0.4, -0.2) is 66.6 Å². The van der Waals surface area contributed by atoms with Crippen molar-refractivity contribution >= 4 is 11.8 Å². The summed E-state index contributed by atoms with van der Waals surface area (Å²) in [7, 11) is 0. The second kappa shape index (κ2) is 7.82. The highest BCUT2D eigenvalue weighted by Crippen LogP contribution is 2.18. The first-order chi connectivity index (χ1) is 10.3. The molecule has 0 bridgehead atoms. The summed E-state index contributed by atoms with van der Waals surface area (Å²) >= 11 is 0. The molecule has 0 heterocycles. The van der Waals surface area contributed by atoms with Gasteiger partial charge in [0.1, 0.15) is 30.2 Å². The van der Waals surface area contributed by atoms with Gasteiger partial charge in [-0.25, -0.2) is 0 Å². The quantitative estimate of drug-likeness (QED) is 0.210. The van der Waals surface area contributed by atoms with Crippen molar-refractivity contribution < 1.29 is 35.6 Å². The number of non-ortho nitro benzene ring substituents is 1. The van der Waals surface area contributed by atoms with Gasteiger partial charge in [0.15, 0.2) is 0 Å². The van der Waals surface area contributed by atoms with Crippen LogP contribution in [0.3, 0.4) is 0 Å². The molecule has 0 spiro atoms. The summed E-state index contributed by atoms with van der Waals surface area (Å²) < 4.78 is 0. The molecule has 0 unspecified atom stereocenters. The van der Waals surface area contributed by atoms with E-state index in [2.05, 4.69) is 0 Å². The number of nitro groups is 1. The van der Waals surface area contributed by atoms with Crippen molar-refractivity contribution in [3.05, 3.63) is 45.7 Å². The van der Waals surface area contributed by atoms with E-state index in [1.54, 1.807) is 0 Å². The molecule has 0 saturated carbocycles. The zero-order valence-corrected chi connectivity index (χ0v) is 11.4. The number of nitrogens with zero attached hydrogens (tertiary/aromatic N) is 1. The second-order valence-electron chi connectivity index (χ2n) is 4.60. The zero-order chi connectivity index (χ0) is 16.9. The Balaban J connectivity index is 2.91. The molecule has 4 atom stereocenters. The van der Waals surface area contributed by atoms with E-state index in [0.717, 1.165) is 12.1 Å². The summed E-state index contributed by atoms with van der Waals surface area (Å²) in [6.07, 6.45) is -6.53. The Kier molecular flexibility index (Phi) is 6.40. The normalized spacial score (nSPS) is 17.6. The molecular formula is C13H17NO8. The second-order valence-corrected chi connectivity index (χ2v) is 4.60. The Labute approximate surface area is 125 Å². The van der Waals surface area contributed by atoms with Gasteiger partial charge in [-0.15, -0.1) is 0 Å². The van der Waals surface area contributed by atoms with Gasteiger partial charge >= 0.3 is 0 Å². The monoisotopic (exact) mass is 315 g/mol. The Hall–Kier alpha value is -2.04. The number of aliphatic hydroxyl groups is 6. The van der Waals surface area contributed by atoms with E-state index < -0.39 is 41.7 Å². The van der Waals surface area contributed by atoms with Gasteiger partial charge in [0.2, 0.25) is 0 Å². The molecule has 0 amide bonds. The number of rotatable bonds is 7. The van der Waals surface area contributed by atoms with Crippen LogP contribution in [0, 0.1) is 10.1 Å². The fraction of sp³-hybridized carbons (Fsp3) is 0.385. The van der Waals surface area contributed by atoms with Crippen LogP contribution in [0.1, 0.15) is 5.56 Å². The number of aliphatic hydroxyl groups excluding tert-OH is 6. The molecule has 1 aromatic rings. The lowest BCUT2D eigenvalue weighted by Gasteiger charge is -2.25. The van der Waals surface area contributed by atoms with Crippen molar-refractivity contribution in [1.29, 1.82) is 0 Å². The van der Waals surface area contributed by atoms with Crippen LogP contribution >= 0.6 is 0 Å². The molecule has 6 N–H and O–H groups in total. The lowest BCUT2D eigenvalue weighted by atomic mass is 10.0. The third-order valence-corrected chi connectivity index (χ3v) is 2.95. The Bertz CT molecular complexity index is 547. The topological polar surface area (TPSA) is 165 Å². The van der Waals surface area contributed by atoms with Crippen molar-refractivity contribution in [2.45, 2.75) is 24.4 Å². The highest BCUT2D eigenvalue weighted by Gasteiger charge is 2.32. The van der Waals surface area contributed by atoms with Gasteiger partial charge < -0.3 is 30.6 Å². The first-order valence-corrected chi connectivity index (χ1v) is 6.26. The molecule has 9 nitrogen and oxygen atoms in total. The first-order valence-electron chi connectivity index (χ1n) is 6.26. The summed E-state index contributed by atoms with van der Waals surface area (Å²) in [4.78, 5) is 9.99. The van der Waals surface area contributed by atoms with Crippen molar-refractivity contribution in [2.75, 3.05) is 6.61 Å². The van der Waals surface area contributed by atoms with Crippen molar-refractivity contribution in [2.24, 2.45) is 0 Å². The molecule has 0 radical (unpaired) electrons. The summed E-state index contributed by atoms with van der Waals surface area (Å²) in [5, 5.41) is 66.9. The highest BCUT2D eigenvalue weighted by atomic mass is 16.6. The third-order valence-electron chi connectivity index (χ3n) is 2.95. The Morgan fingerprint density at radius 2 is 1.86 bits per heavy atom. The van der Waals surface area contributed by atoms with Crippen LogP contribution in [0.4, 0.5) is 5.69 Å². The van der Waals surface area contributed by atoms with E-state index in [0.29, 0.717) is 0 Å². The molecule has 122 valence electrons. The molecule has 0 aliphatic carbocycles. The third kappa shape index (κ3) is 4.48. The van der Waals surface area contributed by atoms with Gasteiger partial charge in [-0.2, -0.15) is 0 Å². The molecule has 1 rings (SSSR count). The van der Waals surface area contributed by atoms with Crippen LogP contribution < -0.4 is 0 Å². The maximum atomic E-state index is 10.6. The zero-order valence-electron chi connectivity index (χ0n) is 11.4. The highest BCUT2D eigenvalue weighted by molar-refractivity contribution is 5.55. The first kappa shape index (κ1) is 18.0. The predicted octanol–water partition coefficient (Wildman–Crippen LogP) is -1.07. The maximum absolute atomic E-state index is 10.6. The standard InChI is InChI=1S/C13H17NO8/c15-6-10(17)12(19)13(20)11(18)9(16)5-7-2-1-3-8(4-7)14(21)22/h1-5,10-13,15-20H,6H2/b9-5-/t10-,11-,12+,13-/m0/s1. The molecule has 0 fully saturated rings. The van der Waals surface area contributed by atoms with E-state index in [1.165, 1.54) is 18.2 Å². The van der Waals surface area contributed by atoms with Gasteiger partial charge in [0, 0.05) is 12.1 Å². The number of nitro benzene ring substituents is 1. The van der Waals surface area contributed by atoms with Crippen LogP contribution in [-0.2, 0) is 0 Å². The van der Waals surface area contributed by atoms with Gasteiger partial charge in [-0.1, -0.05) is 12.1 Å². The molecule has 0 aliphatic heterocycles. The van der Waals surface area contributed by atoms with Gasteiger partial charge in [-0.3, -0.25) is 10.1 Å². The van der Waals surface area contributed by atoms with Crippen molar-refractivity contribution in [1.82, 2.24) is 0 Å². The average molecular weight is 315 g/mol. The molecule has 9 heteroatoms. The Morgan fingerprint density at radius 3 is 2.41 bits per heavy atom. The van der Waals surface area contributed by atoms with E-state index in [9.17, 15) is 30.5 Å². The number of hydrogen-bond donors (Lipinski definition) is 6. The molecule has 0 saturated heterocycles. The minimum Gasteiger partial charge on any atom is -0.509 e. The van der Waals surface area contributed by atoms with E-state index in [1.807, 2.05) is 0 Å². The van der Waals surface area contributed by atoms with Crippen molar-refractivity contribution in [3.8, 4) is 0 Å². The minimum atomic E-state index is -1.96. The van der Waals surface area contributed by atoms with Crippen LogP contribution in [0.25, 0.3) is 6.08 Å².